The van der Waals surface area contributed by atoms with E-state index in [1.807, 2.05) is 12.5 Å². The molecule has 0 amide bonds. The lowest BCUT2D eigenvalue weighted by Crippen LogP contribution is -2.42. The van der Waals surface area contributed by atoms with Crippen molar-refractivity contribution in [2.75, 3.05) is 0 Å². The van der Waals surface area contributed by atoms with Gasteiger partial charge in [-0.25, -0.2) is 4.98 Å². The van der Waals surface area contributed by atoms with Gasteiger partial charge in [0, 0.05) is 24.8 Å². The number of aromatic nitrogens is 2. The smallest absolute Gasteiger partial charge is 0.320 e. The van der Waals surface area contributed by atoms with E-state index in [9.17, 15) is 9.90 Å². The summed E-state index contributed by atoms with van der Waals surface area (Å²) in [6, 6.07) is 0.472. The van der Waals surface area contributed by atoms with Gasteiger partial charge in [-0.05, 0) is 39.0 Å². The zero-order valence-corrected chi connectivity index (χ0v) is 12.9. The fourth-order valence-corrected chi connectivity index (χ4v) is 4.13. The molecular weight excluding hydrogens is 266 g/mol. The number of likely N-dealkylation sites (tertiary alicyclic amines) is 1. The number of carboxylic acids is 1. The van der Waals surface area contributed by atoms with Crippen LogP contribution in [0.3, 0.4) is 0 Å². The zero-order valence-electron chi connectivity index (χ0n) is 12.9. The first kappa shape index (κ1) is 14.6. The number of hydrogen-bond donors (Lipinski definition) is 1. The van der Waals surface area contributed by atoms with E-state index in [0.717, 1.165) is 18.5 Å². The van der Waals surface area contributed by atoms with Crippen LogP contribution in [-0.2, 0) is 11.3 Å². The summed E-state index contributed by atoms with van der Waals surface area (Å²) in [4.78, 5) is 18.1. The molecule has 0 radical (unpaired) electrons. The van der Waals surface area contributed by atoms with Gasteiger partial charge in [0.2, 0.25) is 0 Å². The molecule has 1 aliphatic heterocycles. The van der Waals surface area contributed by atoms with Crippen LogP contribution in [0.4, 0.5) is 0 Å². The molecule has 1 saturated carbocycles. The summed E-state index contributed by atoms with van der Waals surface area (Å²) in [5.74, 6) is -0.102. The summed E-state index contributed by atoms with van der Waals surface area (Å²) in [6.07, 6.45) is 9.37. The average molecular weight is 291 g/mol. The molecule has 0 bridgehead atoms. The van der Waals surface area contributed by atoms with Crippen molar-refractivity contribution >= 4 is 5.97 Å². The molecule has 0 spiro atoms. The lowest BCUT2D eigenvalue weighted by molar-refractivity contribution is -0.142. The van der Waals surface area contributed by atoms with E-state index in [-0.39, 0.29) is 6.04 Å². The third-order valence-electron chi connectivity index (χ3n) is 5.15. The van der Waals surface area contributed by atoms with Crippen LogP contribution < -0.4 is 0 Å². The summed E-state index contributed by atoms with van der Waals surface area (Å²) in [7, 11) is 0. The van der Waals surface area contributed by atoms with E-state index in [1.165, 1.54) is 19.3 Å². The molecular formula is C16H25N3O2. The quantitative estimate of drug-likeness (QED) is 0.926. The number of hydrogen-bond acceptors (Lipinski definition) is 3. The third kappa shape index (κ3) is 2.71. The second-order valence-corrected chi connectivity index (χ2v) is 6.76. The molecule has 1 N–H and O–H groups in total. The highest BCUT2D eigenvalue weighted by Crippen LogP contribution is 2.40. The SMILES string of the molecule is CC(C)n1cncc1CN1C(C(=O)O)CC2CCCCC21. The summed E-state index contributed by atoms with van der Waals surface area (Å²) in [6.45, 7) is 4.97. The third-order valence-corrected chi connectivity index (χ3v) is 5.15. The van der Waals surface area contributed by atoms with Crippen molar-refractivity contribution in [1.82, 2.24) is 14.5 Å². The van der Waals surface area contributed by atoms with Crippen LogP contribution in [0.25, 0.3) is 0 Å². The Labute approximate surface area is 126 Å². The molecule has 5 heteroatoms. The first-order chi connectivity index (χ1) is 10.1. The van der Waals surface area contributed by atoms with Gasteiger partial charge in [0.05, 0.1) is 12.0 Å². The number of fused-ring (bicyclic) bond motifs is 1. The molecule has 0 aromatic carbocycles. The van der Waals surface area contributed by atoms with Gasteiger partial charge in [0.1, 0.15) is 6.04 Å². The lowest BCUT2D eigenvalue weighted by atomic mass is 9.85. The second-order valence-electron chi connectivity index (χ2n) is 6.76. The molecule has 1 saturated heterocycles. The van der Waals surface area contributed by atoms with E-state index >= 15 is 0 Å². The highest BCUT2D eigenvalue weighted by molar-refractivity contribution is 5.74. The predicted molar refractivity (Wildman–Crippen MR) is 79.9 cm³/mol. The molecule has 21 heavy (non-hydrogen) atoms. The van der Waals surface area contributed by atoms with Gasteiger partial charge >= 0.3 is 5.97 Å². The van der Waals surface area contributed by atoms with E-state index in [1.54, 1.807) is 0 Å². The normalized spacial score (nSPS) is 29.8. The number of aliphatic carboxylic acids is 1. The minimum Gasteiger partial charge on any atom is -0.480 e. The Balaban J connectivity index is 1.83. The Morgan fingerprint density at radius 1 is 1.43 bits per heavy atom. The Morgan fingerprint density at radius 2 is 2.19 bits per heavy atom. The first-order valence-corrected chi connectivity index (χ1v) is 8.07. The maximum atomic E-state index is 11.6. The van der Waals surface area contributed by atoms with Crippen LogP contribution in [0.2, 0.25) is 0 Å². The topological polar surface area (TPSA) is 58.4 Å². The number of carboxylic acid groups (broad SMARTS) is 1. The highest BCUT2D eigenvalue weighted by atomic mass is 16.4. The Kier molecular flexibility index (Phi) is 4.02. The van der Waals surface area contributed by atoms with E-state index in [0.29, 0.717) is 24.5 Å². The molecule has 3 rings (SSSR count). The van der Waals surface area contributed by atoms with Gasteiger partial charge in [-0.2, -0.15) is 0 Å². The summed E-state index contributed by atoms with van der Waals surface area (Å²) >= 11 is 0. The predicted octanol–water partition coefficient (Wildman–Crippen LogP) is 2.68. The van der Waals surface area contributed by atoms with Crippen molar-refractivity contribution in [3.8, 4) is 0 Å². The molecule has 2 fully saturated rings. The van der Waals surface area contributed by atoms with E-state index in [4.69, 9.17) is 0 Å². The second kappa shape index (κ2) is 5.79. The largest absolute Gasteiger partial charge is 0.480 e. The van der Waals surface area contributed by atoms with Gasteiger partial charge in [-0.1, -0.05) is 12.8 Å². The van der Waals surface area contributed by atoms with Crippen LogP contribution in [0.15, 0.2) is 12.5 Å². The van der Waals surface area contributed by atoms with Crippen LogP contribution in [0.1, 0.15) is 57.7 Å². The number of nitrogens with zero attached hydrogens (tertiary/aromatic N) is 3. The summed E-state index contributed by atoms with van der Waals surface area (Å²) in [5.41, 5.74) is 1.13. The van der Waals surface area contributed by atoms with Gasteiger partial charge in [-0.3, -0.25) is 9.69 Å². The molecule has 116 valence electrons. The maximum Gasteiger partial charge on any atom is 0.320 e. The molecule has 3 unspecified atom stereocenters. The molecule has 5 nitrogen and oxygen atoms in total. The fourth-order valence-electron chi connectivity index (χ4n) is 4.13. The van der Waals surface area contributed by atoms with Crippen LogP contribution >= 0.6 is 0 Å². The molecule has 2 heterocycles. The summed E-state index contributed by atoms with van der Waals surface area (Å²) in [5, 5.41) is 9.57. The van der Waals surface area contributed by atoms with E-state index in [2.05, 4.69) is 28.3 Å². The molecule has 1 aromatic heterocycles. The van der Waals surface area contributed by atoms with Gasteiger partial charge < -0.3 is 9.67 Å². The number of imidazole rings is 1. The Hall–Kier alpha value is -1.36. The monoisotopic (exact) mass is 291 g/mol. The van der Waals surface area contributed by atoms with Crippen LogP contribution in [-0.4, -0.2) is 37.6 Å². The zero-order chi connectivity index (χ0) is 15.0. The van der Waals surface area contributed by atoms with Crippen molar-refractivity contribution in [3.05, 3.63) is 18.2 Å². The molecule has 1 aliphatic carbocycles. The van der Waals surface area contributed by atoms with Crippen molar-refractivity contribution < 1.29 is 9.90 Å². The minimum absolute atomic E-state index is 0.325. The molecule has 3 atom stereocenters. The number of carbonyl (C=O) groups is 1. The highest BCUT2D eigenvalue weighted by Gasteiger charge is 2.45. The van der Waals surface area contributed by atoms with Crippen molar-refractivity contribution in [2.45, 2.75) is 70.6 Å². The number of rotatable bonds is 4. The summed E-state index contributed by atoms with van der Waals surface area (Å²) < 4.78 is 2.15. The maximum absolute atomic E-state index is 11.6. The van der Waals surface area contributed by atoms with Gasteiger partial charge in [0.15, 0.2) is 0 Å². The van der Waals surface area contributed by atoms with Crippen molar-refractivity contribution in [2.24, 2.45) is 5.92 Å². The Morgan fingerprint density at radius 3 is 2.90 bits per heavy atom. The lowest BCUT2D eigenvalue weighted by Gasteiger charge is -2.33. The van der Waals surface area contributed by atoms with Crippen LogP contribution in [0, 0.1) is 5.92 Å². The van der Waals surface area contributed by atoms with Crippen LogP contribution in [0.5, 0.6) is 0 Å². The fraction of sp³-hybridized carbons (Fsp3) is 0.750. The first-order valence-electron chi connectivity index (χ1n) is 8.07. The van der Waals surface area contributed by atoms with E-state index < -0.39 is 5.97 Å². The van der Waals surface area contributed by atoms with Gasteiger partial charge in [-0.15, -0.1) is 0 Å². The van der Waals surface area contributed by atoms with Crippen molar-refractivity contribution in [1.29, 1.82) is 0 Å². The molecule has 2 aliphatic rings. The van der Waals surface area contributed by atoms with Crippen molar-refractivity contribution in [3.63, 3.8) is 0 Å². The standard InChI is InChI=1S/C16H25N3O2/c1-11(2)19-10-17-8-13(19)9-18-14-6-4-3-5-12(14)7-15(18)16(20)21/h8,10-12,14-15H,3-7,9H2,1-2H3,(H,20,21). The Bertz CT molecular complexity index is 511. The van der Waals surface area contributed by atoms with Gasteiger partial charge in [0.25, 0.3) is 0 Å². The average Bonchev–Trinajstić information content (AvgIpc) is 3.04. The molecule has 1 aromatic rings. The minimum atomic E-state index is -0.667.